The molecule has 0 spiro atoms. The smallest absolute Gasteiger partial charge is 0.236 e. The lowest BCUT2D eigenvalue weighted by Gasteiger charge is -2.13. The summed E-state index contributed by atoms with van der Waals surface area (Å²) in [7, 11) is 0. The first-order chi connectivity index (χ1) is 6.11. The molecule has 3 nitrogen and oxygen atoms in total. The van der Waals surface area contributed by atoms with Crippen molar-refractivity contribution in [3.63, 3.8) is 0 Å². The first-order valence-electron chi connectivity index (χ1n) is 4.79. The third-order valence-electron chi connectivity index (χ3n) is 1.90. The van der Waals surface area contributed by atoms with Gasteiger partial charge >= 0.3 is 0 Å². The summed E-state index contributed by atoms with van der Waals surface area (Å²) in [5, 5.41) is 5.86. The van der Waals surface area contributed by atoms with Crippen molar-refractivity contribution in [3.05, 3.63) is 12.2 Å². The number of rotatable bonds is 6. The van der Waals surface area contributed by atoms with Crippen LogP contribution in [0, 0.1) is 0 Å². The van der Waals surface area contributed by atoms with Crippen molar-refractivity contribution >= 4 is 5.91 Å². The molecule has 3 heteroatoms. The predicted octanol–water partition coefficient (Wildman–Crippen LogP) is 1.07. The van der Waals surface area contributed by atoms with Crippen LogP contribution in [-0.4, -0.2) is 25.0 Å². The van der Waals surface area contributed by atoms with Crippen LogP contribution in [0.2, 0.25) is 0 Å². The third-order valence-corrected chi connectivity index (χ3v) is 1.90. The Bertz CT molecular complexity index is 178. The maximum Gasteiger partial charge on any atom is 0.236 e. The van der Waals surface area contributed by atoms with E-state index in [1.54, 1.807) is 0 Å². The standard InChI is InChI=1S/C10H20N2O/c1-5-8(3)7-12-9(4)10(13)11-6-2/h9,12H,3,5-7H2,1-2,4H3,(H,11,13). The molecular weight excluding hydrogens is 164 g/mol. The van der Waals surface area contributed by atoms with Crippen molar-refractivity contribution in [2.45, 2.75) is 33.2 Å². The van der Waals surface area contributed by atoms with Gasteiger partial charge in [0.15, 0.2) is 0 Å². The van der Waals surface area contributed by atoms with Crippen LogP contribution in [0.1, 0.15) is 27.2 Å². The Morgan fingerprint density at radius 2 is 2.08 bits per heavy atom. The highest BCUT2D eigenvalue weighted by Crippen LogP contribution is 1.94. The summed E-state index contributed by atoms with van der Waals surface area (Å²) >= 11 is 0. The molecule has 13 heavy (non-hydrogen) atoms. The van der Waals surface area contributed by atoms with E-state index < -0.39 is 0 Å². The topological polar surface area (TPSA) is 41.1 Å². The van der Waals surface area contributed by atoms with Crippen molar-refractivity contribution < 1.29 is 4.79 Å². The lowest BCUT2D eigenvalue weighted by atomic mass is 10.2. The molecule has 0 bridgehead atoms. The molecular formula is C10H20N2O. The summed E-state index contributed by atoms with van der Waals surface area (Å²) in [6.07, 6.45) is 0.953. The maximum atomic E-state index is 11.2. The Morgan fingerprint density at radius 3 is 2.54 bits per heavy atom. The lowest BCUT2D eigenvalue weighted by molar-refractivity contribution is -0.122. The molecule has 0 aliphatic heterocycles. The molecule has 0 aliphatic carbocycles. The van der Waals surface area contributed by atoms with Crippen LogP contribution in [0.25, 0.3) is 0 Å². The molecule has 0 aromatic heterocycles. The summed E-state index contributed by atoms with van der Waals surface area (Å²) in [5.41, 5.74) is 1.12. The zero-order valence-corrected chi connectivity index (χ0v) is 8.81. The second-order valence-corrected chi connectivity index (χ2v) is 3.10. The number of likely N-dealkylation sites (N-methyl/N-ethyl adjacent to an activating group) is 1. The van der Waals surface area contributed by atoms with Crippen molar-refractivity contribution in [1.82, 2.24) is 10.6 Å². The van der Waals surface area contributed by atoms with E-state index in [4.69, 9.17) is 0 Å². The summed E-state index contributed by atoms with van der Waals surface area (Å²) in [6.45, 7) is 11.1. The molecule has 1 atom stereocenters. The summed E-state index contributed by atoms with van der Waals surface area (Å²) in [5.74, 6) is 0.0476. The van der Waals surface area contributed by atoms with Crippen LogP contribution in [0.15, 0.2) is 12.2 Å². The van der Waals surface area contributed by atoms with Crippen LogP contribution >= 0.6 is 0 Å². The van der Waals surface area contributed by atoms with Crippen molar-refractivity contribution in [1.29, 1.82) is 0 Å². The van der Waals surface area contributed by atoms with Gasteiger partial charge in [0.05, 0.1) is 6.04 Å². The normalized spacial score (nSPS) is 12.2. The summed E-state index contributed by atoms with van der Waals surface area (Å²) in [6, 6.07) is -0.136. The number of hydrogen-bond donors (Lipinski definition) is 2. The molecule has 0 aliphatic rings. The Balaban J connectivity index is 3.67. The first-order valence-corrected chi connectivity index (χ1v) is 4.79. The fraction of sp³-hybridized carbons (Fsp3) is 0.700. The summed E-state index contributed by atoms with van der Waals surface area (Å²) in [4.78, 5) is 11.2. The van der Waals surface area contributed by atoms with Gasteiger partial charge in [0, 0.05) is 13.1 Å². The number of nitrogens with one attached hydrogen (secondary N) is 2. The highest BCUT2D eigenvalue weighted by molar-refractivity contribution is 5.81. The molecule has 0 saturated carbocycles. The van der Waals surface area contributed by atoms with Gasteiger partial charge in [-0.25, -0.2) is 0 Å². The molecule has 0 radical (unpaired) electrons. The van der Waals surface area contributed by atoms with Gasteiger partial charge in [-0.05, 0) is 20.3 Å². The Morgan fingerprint density at radius 1 is 1.46 bits per heavy atom. The van der Waals surface area contributed by atoms with E-state index in [1.807, 2.05) is 13.8 Å². The van der Waals surface area contributed by atoms with Gasteiger partial charge in [0.25, 0.3) is 0 Å². The van der Waals surface area contributed by atoms with Crippen molar-refractivity contribution in [2.24, 2.45) is 0 Å². The zero-order chi connectivity index (χ0) is 10.3. The van der Waals surface area contributed by atoms with E-state index in [1.165, 1.54) is 0 Å². The molecule has 76 valence electrons. The van der Waals surface area contributed by atoms with Gasteiger partial charge in [-0.15, -0.1) is 0 Å². The van der Waals surface area contributed by atoms with Crippen LogP contribution in [0.4, 0.5) is 0 Å². The molecule has 0 saturated heterocycles. The fourth-order valence-electron chi connectivity index (χ4n) is 0.842. The predicted molar refractivity (Wildman–Crippen MR) is 55.6 cm³/mol. The van der Waals surface area contributed by atoms with Crippen LogP contribution in [0.5, 0.6) is 0 Å². The Hall–Kier alpha value is -0.830. The summed E-state index contributed by atoms with van der Waals surface area (Å²) < 4.78 is 0. The monoisotopic (exact) mass is 184 g/mol. The second kappa shape index (κ2) is 6.66. The minimum atomic E-state index is -0.136. The Kier molecular flexibility index (Phi) is 6.24. The van der Waals surface area contributed by atoms with Crippen molar-refractivity contribution in [2.75, 3.05) is 13.1 Å². The number of carbonyl (C=O) groups excluding carboxylic acids is 1. The lowest BCUT2D eigenvalue weighted by Crippen LogP contribution is -2.42. The van der Waals surface area contributed by atoms with E-state index >= 15 is 0 Å². The van der Waals surface area contributed by atoms with Gasteiger partial charge in [-0.3, -0.25) is 4.79 Å². The van der Waals surface area contributed by atoms with Crippen LogP contribution < -0.4 is 10.6 Å². The van der Waals surface area contributed by atoms with Crippen LogP contribution in [-0.2, 0) is 4.79 Å². The van der Waals surface area contributed by atoms with Gasteiger partial charge < -0.3 is 10.6 Å². The quantitative estimate of drug-likeness (QED) is 0.606. The number of carbonyl (C=O) groups is 1. The van der Waals surface area contributed by atoms with E-state index in [0.29, 0.717) is 6.54 Å². The van der Waals surface area contributed by atoms with Gasteiger partial charge in [-0.1, -0.05) is 19.1 Å². The maximum absolute atomic E-state index is 11.2. The highest BCUT2D eigenvalue weighted by atomic mass is 16.2. The number of amides is 1. The van der Waals surface area contributed by atoms with Gasteiger partial charge in [0.2, 0.25) is 5.91 Å². The van der Waals surface area contributed by atoms with Crippen molar-refractivity contribution in [3.8, 4) is 0 Å². The second-order valence-electron chi connectivity index (χ2n) is 3.10. The van der Waals surface area contributed by atoms with E-state index in [0.717, 1.165) is 18.5 Å². The minimum Gasteiger partial charge on any atom is -0.355 e. The molecule has 0 fully saturated rings. The van der Waals surface area contributed by atoms with E-state index in [2.05, 4.69) is 24.1 Å². The highest BCUT2D eigenvalue weighted by Gasteiger charge is 2.09. The largest absolute Gasteiger partial charge is 0.355 e. The fourth-order valence-corrected chi connectivity index (χ4v) is 0.842. The Labute approximate surface area is 80.6 Å². The molecule has 0 aromatic carbocycles. The molecule has 0 aromatic rings. The van der Waals surface area contributed by atoms with E-state index in [9.17, 15) is 4.79 Å². The molecule has 1 unspecified atom stereocenters. The molecule has 0 rings (SSSR count). The third kappa shape index (κ3) is 5.42. The molecule has 2 N–H and O–H groups in total. The van der Waals surface area contributed by atoms with Gasteiger partial charge in [-0.2, -0.15) is 0 Å². The molecule has 1 amide bonds. The zero-order valence-electron chi connectivity index (χ0n) is 8.81. The van der Waals surface area contributed by atoms with E-state index in [-0.39, 0.29) is 11.9 Å². The van der Waals surface area contributed by atoms with Gasteiger partial charge in [0.1, 0.15) is 0 Å². The molecule has 0 heterocycles. The first kappa shape index (κ1) is 12.2. The van der Waals surface area contributed by atoms with Crippen LogP contribution in [0.3, 0.4) is 0 Å². The minimum absolute atomic E-state index is 0.0476. The SMILES string of the molecule is C=C(CC)CNC(C)C(=O)NCC. The average Bonchev–Trinajstić information content (AvgIpc) is 2.13. The average molecular weight is 184 g/mol. The number of hydrogen-bond acceptors (Lipinski definition) is 2.